The average molecular weight is 327 g/mol. The Morgan fingerprint density at radius 2 is 2.23 bits per heavy atom. The first kappa shape index (κ1) is 17.1. The van der Waals surface area contributed by atoms with Gasteiger partial charge in [0.2, 0.25) is 0 Å². The molecular formula is C16H23ClN2O3. The van der Waals surface area contributed by atoms with Crippen molar-refractivity contribution >= 4 is 17.5 Å². The number of aliphatic hydroxyl groups is 1. The highest BCUT2D eigenvalue weighted by Crippen LogP contribution is 2.27. The number of rotatable bonds is 6. The van der Waals surface area contributed by atoms with Gasteiger partial charge in [-0.05, 0) is 37.1 Å². The van der Waals surface area contributed by atoms with Crippen molar-refractivity contribution in [1.29, 1.82) is 0 Å². The van der Waals surface area contributed by atoms with Gasteiger partial charge in [-0.25, -0.2) is 0 Å². The summed E-state index contributed by atoms with van der Waals surface area (Å²) in [6, 6.07) is 5.75. The van der Waals surface area contributed by atoms with Crippen molar-refractivity contribution in [2.24, 2.45) is 5.73 Å². The third-order valence-electron chi connectivity index (χ3n) is 3.96. The molecule has 0 aromatic heterocycles. The van der Waals surface area contributed by atoms with Crippen molar-refractivity contribution in [3.63, 3.8) is 0 Å². The fourth-order valence-electron chi connectivity index (χ4n) is 2.79. The number of likely N-dealkylation sites (tertiary alicyclic amines) is 1. The van der Waals surface area contributed by atoms with E-state index in [1.54, 1.807) is 6.07 Å². The second kappa shape index (κ2) is 8.36. The maximum absolute atomic E-state index is 10.7. The largest absolute Gasteiger partial charge is 0.482 e. The first-order valence-corrected chi connectivity index (χ1v) is 8.02. The molecule has 122 valence electrons. The lowest BCUT2D eigenvalue weighted by Crippen LogP contribution is -2.36. The van der Waals surface area contributed by atoms with E-state index in [0.717, 1.165) is 31.5 Å². The van der Waals surface area contributed by atoms with Gasteiger partial charge in [0.1, 0.15) is 5.75 Å². The van der Waals surface area contributed by atoms with Crippen molar-refractivity contribution in [2.75, 3.05) is 19.8 Å². The molecule has 1 fully saturated rings. The summed E-state index contributed by atoms with van der Waals surface area (Å²) >= 11 is 6.19. The molecule has 22 heavy (non-hydrogen) atoms. The van der Waals surface area contributed by atoms with Gasteiger partial charge in [-0.3, -0.25) is 9.69 Å². The van der Waals surface area contributed by atoms with E-state index in [1.807, 2.05) is 12.1 Å². The fourth-order valence-corrected chi connectivity index (χ4v) is 3.05. The number of aliphatic hydroxyl groups excluding tert-OH is 1. The Balaban J connectivity index is 2.02. The van der Waals surface area contributed by atoms with Crippen LogP contribution in [0, 0.1) is 0 Å². The van der Waals surface area contributed by atoms with E-state index in [9.17, 15) is 9.90 Å². The summed E-state index contributed by atoms with van der Waals surface area (Å²) < 4.78 is 5.25. The van der Waals surface area contributed by atoms with E-state index in [2.05, 4.69) is 4.90 Å². The van der Waals surface area contributed by atoms with E-state index in [4.69, 9.17) is 22.1 Å². The van der Waals surface area contributed by atoms with Crippen LogP contribution >= 0.6 is 11.6 Å². The minimum Gasteiger partial charge on any atom is -0.482 e. The third kappa shape index (κ3) is 4.87. The number of hydrogen-bond donors (Lipinski definition) is 2. The Morgan fingerprint density at radius 1 is 1.41 bits per heavy atom. The molecule has 1 aromatic rings. The number of amides is 1. The number of halogens is 1. The summed E-state index contributed by atoms with van der Waals surface area (Å²) in [5.74, 6) is -0.0747. The summed E-state index contributed by atoms with van der Waals surface area (Å²) in [7, 11) is 0. The van der Waals surface area contributed by atoms with Crippen LogP contribution in [0.1, 0.15) is 31.2 Å². The number of carbonyl (C=O) groups excluding carboxylic acids is 1. The number of ether oxygens (including phenoxy) is 1. The van der Waals surface area contributed by atoms with Crippen LogP contribution < -0.4 is 10.5 Å². The van der Waals surface area contributed by atoms with Crippen LogP contribution in [0.4, 0.5) is 0 Å². The Morgan fingerprint density at radius 3 is 2.91 bits per heavy atom. The first-order valence-electron chi connectivity index (χ1n) is 7.64. The van der Waals surface area contributed by atoms with Crippen LogP contribution in [0.2, 0.25) is 5.02 Å². The van der Waals surface area contributed by atoms with Crippen molar-refractivity contribution in [1.82, 2.24) is 4.90 Å². The lowest BCUT2D eigenvalue weighted by Gasteiger charge is -2.28. The molecule has 0 aliphatic carbocycles. The molecule has 1 aliphatic rings. The van der Waals surface area contributed by atoms with Crippen LogP contribution in [0.5, 0.6) is 5.75 Å². The predicted molar refractivity (Wildman–Crippen MR) is 85.9 cm³/mol. The molecule has 2 rings (SSSR count). The number of carbonyl (C=O) groups is 1. The Kier molecular flexibility index (Phi) is 6.49. The van der Waals surface area contributed by atoms with Crippen LogP contribution in [-0.2, 0) is 11.3 Å². The average Bonchev–Trinajstić information content (AvgIpc) is 2.71. The molecule has 1 heterocycles. The molecule has 3 N–H and O–H groups in total. The lowest BCUT2D eigenvalue weighted by atomic mass is 10.1. The van der Waals surface area contributed by atoms with Crippen LogP contribution in [0.3, 0.4) is 0 Å². The van der Waals surface area contributed by atoms with Gasteiger partial charge in [-0.1, -0.05) is 30.5 Å². The summed E-state index contributed by atoms with van der Waals surface area (Å²) in [6.07, 6.45) is 4.57. The molecule has 1 aliphatic heterocycles. The molecule has 0 unspecified atom stereocenters. The van der Waals surface area contributed by atoms with E-state index in [1.165, 1.54) is 12.8 Å². The summed E-state index contributed by atoms with van der Waals surface area (Å²) in [6.45, 7) is 1.75. The lowest BCUT2D eigenvalue weighted by molar-refractivity contribution is -0.119. The van der Waals surface area contributed by atoms with Gasteiger partial charge in [0.25, 0.3) is 5.91 Å². The highest BCUT2D eigenvalue weighted by Gasteiger charge is 2.20. The molecule has 0 spiro atoms. The van der Waals surface area contributed by atoms with E-state index in [-0.39, 0.29) is 19.3 Å². The summed E-state index contributed by atoms with van der Waals surface area (Å²) in [5.41, 5.74) is 6.12. The first-order chi connectivity index (χ1) is 10.6. The van der Waals surface area contributed by atoms with Crippen molar-refractivity contribution in [2.45, 2.75) is 38.3 Å². The van der Waals surface area contributed by atoms with Gasteiger partial charge in [0, 0.05) is 12.6 Å². The molecule has 1 atom stereocenters. The number of hydrogen-bond acceptors (Lipinski definition) is 4. The monoisotopic (exact) mass is 326 g/mol. The fraction of sp³-hybridized carbons (Fsp3) is 0.562. The zero-order chi connectivity index (χ0) is 15.9. The van der Waals surface area contributed by atoms with Gasteiger partial charge < -0.3 is 15.6 Å². The molecule has 0 radical (unpaired) electrons. The van der Waals surface area contributed by atoms with Gasteiger partial charge in [-0.2, -0.15) is 0 Å². The molecule has 5 nitrogen and oxygen atoms in total. The Hall–Kier alpha value is -1.30. The third-order valence-corrected chi connectivity index (χ3v) is 4.26. The van der Waals surface area contributed by atoms with Crippen LogP contribution in [-0.4, -0.2) is 41.7 Å². The number of nitrogens with two attached hydrogens (primary N) is 1. The summed E-state index contributed by atoms with van der Waals surface area (Å²) in [5, 5.41) is 10.0. The van der Waals surface area contributed by atoms with Crippen molar-refractivity contribution < 1.29 is 14.6 Å². The maximum atomic E-state index is 10.7. The van der Waals surface area contributed by atoms with Crippen molar-refractivity contribution in [3.05, 3.63) is 28.8 Å². The number of benzene rings is 1. The van der Waals surface area contributed by atoms with E-state index >= 15 is 0 Å². The van der Waals surface area contributed by atoms with Gasteiger partial charge in [-0.15, -0.1) is 0 Å². The second-order valence-electron chi connectivity index (χ2n) is 5.68. The maximum Gasteiger partial charge on any atom is 0.255 e. The van der Waals surface area contributed by atoms with E-state index < -0.39 is 5.91 Å². The second-order valence-corrected chi connectivity index (χ2v) is 6.08. The molecule has 1 saturated heterocycles. The zero-order valence-corrected chi connectivity index (χ0v) is 13.4. The SMILES string of the molecule is NC(=O)COc1ccc(CN2CCCCC[C@@H]2CO)cc1Cl. The smallest absolute Gasteiger partial charge is 0.255 e. The molecule has 6 heteroatoms. The topological polar surface area (TPSA) is 75.8 Å². The predicted octanol–water partition coefficient (Wildman–Crippen LogP) is 1.94. The number of nitrogens with zero attached hydrogens (tertiary/aromatic N) is 1. The molecular weight excluding hydrogens is 304 g/mol. The van der Waals surface area contributed by atoms with Crippen LogP contribution in [0.15, 0.2) is 18.2 Å². The van der Waals surface area contributed by atoms with Gasteiger partial charge in [0.05, 0.1) is 11.6 Å². The Labute approximate surface area is 136 Å². The summed E-state index contributed by atoms with van der Waals surface area (Å²) in [4.78, 5) is 13.0. The van der Waals surface area contributed by atoms with Gasteiger partial charge >= 0.3 is 0 Å². The number of primary amides is 1. The van der Waals surface area contributed by atoms with Gasteiger partial charge in [0.15, 0.2) is 6.61 Å². The standard InChI is InChI=1S/C16H23ClN2O3/c17-14-8-12(5-6-15(14)22-11-16(18)21)9-19-7-3-1-2-4-13(19)10-20/h5-6,8,13,20H,1-4,7,9-11H2,(H2,18,21)/t13-/m1/s1. The highest BCUT2D eigenvalue weighted by atomic mass is 35.5. The quantitative estimate of drug-likeness (QED) is 0.837. The molecule has 0 saturated carbocycles. The van der Waals surface area contributed by atoms with Crippen LogP contribution in [0.25, 0.3) is 0 Å². The molecule has 1 aromatic carbocycles. The minimum absolute atomic E-state index is 0.183. The highest BCUT2D eigenvalue weighted by molar-refractivity contribution is 6.32. The Bertz CT molecular complexity index is 510. The normalized spacial score (nSPS) is 19.6. The minimum atomic E-state index is -0.532. The zero-order valence-electron chi connectivity index (χ0n) is 12.6. The molecule has 1 amide bonds. The molecule has 0 bridgehead atoms. The van der Waals surface area contributed by atoms with E-state index in [0.29, 0.717) is 10.8 Å². The van der Waals surface area contributed by atoms with Crippen molar-refractivity contribution in [3.8, 4) is 5.75 Å².